The van der Waals surface area contributed by atoms with Gasteiger partial charge in [-0.25, -0.2) is 5.32 Å². The summed E-state index contributed by atoms with van der Waals surface area (Å²) in [6.45, 7) is 8.22. The lowest BCUT2D eigenvalue weighted by atomic mass is 9.99. The zero-order chi connectivity index (χ0) is 13.5. The highest BCUT2D eigenvalue weighted by molar-refractivity contribution is 5.25. The van der Waals surface area contributed by atoms with E-state index in [-0.39, 0.29) is 12.5 Å². The molecule has 0 saturated carbocycles. The number of aryl methyl sites for hydroxylation is 1. The summed E-state index contributed by atoms with van der Waals surface area (Å²) in [4.78, 5) is 0. The molecule has 0 aromatic heterocycles. The minimum atomic E-state index is -2.79. The molecule has 0 saturated heterocycles. The largest absolute Gasteiger partial charge is 0.343 e. The molecule has 0 bridgehead atoms. The highest BCUT2D eigenvalue weighted by atomic mass is 16.7. The molecule has 0 aliphatic carbocycles. The second-order valence-corrected chi connectivity index (χ2v) is 3.83. The smallest absolute Gasteiger partial charge is 0.330 e. The molecule has 4 nitrogen and oxygen atoms in total. The van der Waals surface area contributed by atoms with Crippen molar-refractivity contribution in [3.63, 3.8) is 0 Å². The average Bonchev–Trinajstić information content (AvgIpc) is 2.27. The van der Waals surface area contributed by atoms with Gasteiger partial charge in [0.2, 0.25) is 0 Å². The lowest BCUT2D eigenvalue weighted by molar-refractivity contribution is -0.331. The van der Waals surface area contributed by atoms with E-state index < -0.39 is 6.10 Å². The number of hydrogen-bond acceptors (Lipinski definition) is 4. The van der Waals surface area contributed by atoms with Crippen molar-refractivity contribution >= 4 is 0 Å². The van der Waals surface area contributed by atoms with Crippen LogP contribution in [0.5, 0.6) is 0 Å². The number of benzene rings is 1. The fourth-order valence-corrected chi connectivity index (χ4v) is 1.38. The summed E-state index contributed by atoms with van der Waals surface area (Å²) >= 11 is 0. The van der Waals surface area contributed by atoms with Gasteiger partial charge in [0.25, 0.3) is 0 Å². The van der Waals surface area contributed by atoms with E-state index in [0.717, 1.165) is 11.1 Å². The predicted molar refractivity (Wildman–Crippen MR) is 68.3 cm³/mol. The molecule has 98 valence electrons. The van der Waals surface area contributed by atoms with Crippen LogP contribution in [0, 0.1) is 6.92 Å². The molecule has 0 aliphatic rings. The van der Waals surface area contributed by atoms with Crippen molar-refractivity contribution in [2.24, 2.45) is 0 Å². The summed E-state index contributed by atoms with van der Waals surface area (Å²) in [5, 5.41) is 28.2. The first kappa shape index (κ1) is 16.1. The fourth-order valence-electron chi connectivity index (χ4n) is 1.38. The highest BCUT2D eigenvalue weighted by Crippen LogP contribution is 2.15. The van der Waals surface area contributed by atoms with E-state index in [1.807, 2.05) is 52.0 Å². The third kappa shape index (κ3) is 7.07. The standard InChI is InChI=1S/C11H17NO3.C2H6/c1-8-4-3-5-10(6-8)9(2)7-12-11(13,14)15;1-2/h3-6,9,12-15H,7H2,1-2H3;1-2H3. The van der Waals surface area contributed by atoms with E-state index in [2.05, 4.69) is 5.32 Å². The lowest BCUT2D eigenvalue weighted by Crippen LogP contribution is -2.46. The Bertz CT molecular complexity index is 321. The molecule has 4 N–H and O–H groups in total. The van der Waals surface area contributed by atoms with Crippen LogP contribution in [0.1, 0.15) is 37.8 Å². The molecule has 4 heteroatoms. The van der Waals surface area contributed by atoms with Crippen molar-refractivity contribution in [1.82, 2.24) is 5.32 Å². The minimum absolute atomic E-state index is 0.0933. The Morgan fingerprint density at radius 2 is 1.82 bits per heavy atom. The summed E-state index contributed by atoms with van der Waals surface area (Å²) in [7, 11) is 0. The van der Waals surface area contributed by atoms with Gasteiger partial charge in [-0.1, -0.05) is 50.6 Å². The molecule has 0 aliphatic heterocycles. The van der Waals surface area contributed by atoms with Gasteiger partial charge in [-0.05, 0) is 18.4 Å². The van der Waals surface area contributed by atoms with Crippen LogP contribution >= 0.6 is 0 Å². The van der Waals surface area contributed by atoms with Gasteiger partial charge in [0.1, 0.15) is 0 Å². The van der Waals surface area contributed by atoms with Crippen LogP contribution in [-0.2, 0) is 0 Å². The van der Waals surface area contributed by atoms with Gasteiger partial charge in [-0.3, -0.25) is 0 Å². The van der Waals surface area contributed by atoms with Gasteiger partial charge < -0.3 is 15.3 Å². The molecule has 1 rings (SSSR count). The molecular weight excluding hydrogens is 218 g/mol. The Hall–Kier alpha value is -0.940. The Morgan fingerprint density at radius 3 is 2.29 bits per heavy atom. The number of nitrogens with one attached hydrogen (secondary N) is 1. The average molecular weight is 241 g/mol. The Labute approximate surface area is 103 Å². The number of hydrogen-bond donors (Lipinski definition) is 4. The van der Waals surface area contributed by atoms with Gasteiger partial charge in [0.05, 0.1) is 0 Å². The van der Waals surface area contributed by atoms with Crippen LogP contribution in [-0.4, -0.2) is 28.0 Å². The Morgan fingerprint density at radius 1 is 1.24 bits per heavy atom. The Kier molecular flexibility index (Phi) is 6.99. The van der Waals surface area contributed by atoms with E-state index in [9.17, 15) is 0 Å². The molecule has 1 aromatic carbocycles. The van der Waals surface area contributed by atoms with Crippen LogP contribution in [0.25, 0.3) is 0 Å². The van der Waals surface area contributed by atoms with Crippen LogP contribution in [0.15, 0.2) is 24.3 Å². The maximum absolute atomic E-state index is 8.67. The molecule has 0 heterocycles. The van der Waals surface area contributed by atoms with E-state index in [1.54, 1.807) is 0 Å². The quantitative estimate of drug-likeness (QED) is 0.600. The molecule has 0 fully saturated rings. The van der Waals surface area contributed by atoms with E-state index >= 15 is 0 Å². The molecule has 1 unspecified atom stereocenters. The van der Waals surface area contributed by atoms with Crippen molar-refractivity contribution in [1.29, 1.82) is 0 Å². The van der Waals surface area contributed by atoms with Gasteiger partial charge >= 0.3 is 6.10 Å². The van der Waals surface area contributed by atoms with Crippen molar-refractivity contribution < 1.29 is 15.3 Å². The summed E-state index contributed by atoms with van der Waals surface area (Å²) in [5.41, 5.74) is 2.24. The molecule has 0 amide bonds. The predicted octanol–water partition coefficient (Wildman–Crippen LogP) is 1.30. The number of rotatable bonds is 4. The van der Waals surface area contributed by atoms with Crippen molar-refractivity contribution in [3.8, 4) is 0 Å². The first-order valence-corrected chi connectivity index (χ1v) is 5.87. The highest BCUT2D eigenvalue weighted by Gasteiger charge is 2.18. The summed E-state index contributed by atoms with van der Waals surface area (Å²) in [5.74, 6) is 0.0933. The first-order valence-electron chi connectivity index (χ1n) is 5.87. The van der Waals surface area contributed by atoms with Crippen molar-refractivity contribution in [2.45, 2.75) is 39.7 Å². The maximum Gasteiger partial charge on any atom is 0.343 e. The van der Waals surface area contributed by atoms with E-state index in [1.165, 1.54) is 0 Å². The molecule has 1 aromatic rings. The van der Waals surface area contributed by atoms with E-state index in [4.69, 9.17) is 15.3 Å². The number of aliphatic hydroxyl groups is 3. The molecule has 0 radical (unpaired) electrons. The van der Waals surface area contributed by atoms with Crippen LogP contribution < -0.4 is 5.32 Å². The van der Waals surface area contributed by atoms with Crippen LogP contribution in [0.2, 0.25) is 0 Å². The Balaban J connectivity index is 0.00000121. The van der Waals surface area contributed by atoms with Gasteiger partial charge in [0.15, 0.2) is 0 Å². The second kappa shape index (κ2) is 7.40. The fraction of sp³-hybridized carbons (Fsp3) is 0.538. The monoisotopic (exact) mass is 241 g/mol. The normalized spacial score (nSPS) is 12.6. The zero-order valence-corrected chi connectivity index (χ0v) is 10.9. The topological polar surface area (TPSA) is 72.7 Å². The van der Waals surface area contributed by atoms with Crippen LogP contribution in [0.3, 0.4) is 0 Å². The van der Waals surface area contributed by atoms with E-state index in [0.29, 0.717) is 0 Å². The minimum Gasteiger partial charge on any atom is -0.330 e. The lowest BCUT2D eigenvalue weighted by Gasteiger charge is -2.19. The first-order chi connectivity index (χ1) is 7.88. The van der Waals surface area contributed by atoms with Crippen LogP contribution in [0.4, 0.5) is 0 Å². The zero-order valence-electron chi connectivity index (χ0n) is 10.9. The second-order valence-electron chi connectivity index (χ2n) is 3.83. The van der Waals surface area contributed by atoms with Gasteiger partial charge in [0, 0.05) is 6.54 Å². The van der Waals surface area contributed by atoms with Gasteiger partial charge in [-0.2, -0.15) is 0 Å². The third-order valence-corrected chi connectivity index (χ3v) is 2.26. The summed E-state index contributed by atoms with van der Waals surface area (Å²) in [6, 6.07) is 7.94. The maximum atomic E-state index is 8.67. The molecule has 1 atom stereocenters. The third-order valence-electron chi connectivity index (χ3n) is 2.26. The van der Waals surface area contributed by atoms with Gasteiger partial charge in [-0.15, -0.1) is 0 Å². The molecule has 0 spiro atoms. The summed E-state index contributed by atoms with van der Waals surface area (Å²) < 4.78 is 0. The van der Waals surface area contributed by atoms with Crippen molar-refractivity contribution in [3.05, 3.63) is 35.4 Å². The molecule has 17 heavy (non-hydrogen) atoms. The SMILES string of the molecule is CC.Cc1cccc(C(C)CNC(O)(O)O)c1. The summed E-state index contributed by atoms with van der Waals surface area (Å²) in [6.07, 6.45) is -2.79. The van der Waals surface area contributed by atoms with Crippen molar-refractivity contribution in [2.75, 3.05) is 6.54 Å². The molecular formula is C13H23NO3.